The van der Waals surface area contributed by atoms with Crippen LogP contribution in [0.4, 0.5) is 15.8 Å². The van der Waals surface area contributed by atoms with E-state index in [2.05, 4.69) is 0 Å². The first-order chi connectivity index (χ1) is 14.6. The maximum Gasteiger partial charge on any atom is 0.266 e. The van der Waals surface area contributed by atoms with Crippen LogP contribution in [0.1, 0.15) is 11.6 Å². The maximum absolute atomic E-state index is 13.4. The van der Waals surface area contributed by atoms with Crippen molar-refractivity contribution >= 4 is 34.8 Å². The zero-order valence-electron chi connectivity index (χ0n) is 15.6. The second-order valence-electron chi connectivity index (χ2n) is 7.17. The zero-order valence-corrected chi connectivity index (χ0v) is 16.4. The Morgan fingerprint density at radius 3 is 2.17 bits per heavy atom. The third-order valence-electron chi connectivity index (χ3n) is 5.43. The standard InChI is InChI=1S/C23H16ClFN2O3/c24-18-9-5-4-8-17(18)20-19-21(30-27(20)16-6-2-1-3-7-16)23(29)26(22(19)28)15-12-10-14(25)11-13-15/h1-13,19-21H/t19-,20-,21-/m0/s1. The van der Waals surface area contributed by atoms with Gasteiger partial charge in [0.15, 0.2) is 6.10 Å². The molecule has 0 bridgehead atoms. The molecular formula is C23H16ClFN2O3. The van der Waals surface area contributed by atoms with Crippen LogP contribution in [0.15, 0.2) is 78.9 Å². The predicted octanol–water partition coefficient (Wildman–Crippen LogP) is 4.53. The first-order valence-electron chi connectivity index (χ1n) is 9.45. The minimum atomic E-state index is -0.996. The van der Waals surface area contributed by atoms with Gasteiger partial charge in [0, 0.05) is 5.02 Å². The third-order valence-corrected chi connectivity index (χ3v) is 5.78. The van der Waals surface area contributed by atoms with Crippen LogP contribution < -0.4 is 9.96 Å². The van der Waals surface area contributed by atoms with Crippen LogP contribution in [0.2, 0.25) is 5.02 Å². The Kier molecular flexibility index (Phi) is 4.53. The highest BCUT2D eigenvalue weighted by Crippen LogP contribution is 2.48. The van der Waals surface area contributed by atoms with Gasteiger partial charge >= 0.3 is 0 Å². The molecule has 0 aromatic heterocycles. The number of anilines is 2. The van der Waals surface area contributed by atoms with Crippen molar-refractivity contribution in [3.05, 3.63) is 95.3 Å². The first kappa shape index (κ1) is 18.8. The lowest BCUT2D eigenvalue weighted by Crippen LogP contribution is -2.37. The van der Waals surface area contributed by atoms with Crippen molar-refractivity contribution in [2.75, 3.05) is 9.96 Å². The number of hydroxylamine groups is 1. The van der Waals surface area contributed by atoms with Crippen molar-refractivity contribution in [1.82, 2.24) is 0 Å². The molecule has 0 aliphatic carbocycles. The maximum atomic E-state index is 13.4. The summed E-state index contributed by atoms with van der Waals surface area (Å²) >= 11 is 6.47. The van der Waals surface area contributed by atoms with Gasteiger partial charge in [-0.15, -0.1) is 0 Å². The first-order valence-corrected chi connectivity index (χ1v) is 9.83. The molecule has 2 fully saturated rings. The van der Waals surface area contributed by atoms with Crippen LogP contribution in [0.5, 0.6) is 0 Å². The quantitative estimate of drug-likeness (QED) is 0.582. The number of nitrogens with zero attached hydrogens (tertiary/aromatic N) is 2. The SMILES string of the molecule is O=C1[C@@H]2[C@H](ON(c3ccccc3)[C@H]2c2ccccc2Cl)C(=O)N1c1ccc(F)cc1. The minimum absolute atomic E-state index is 0.313. The van der Waals surface area contributed by atoms with Crippen LogP contribution in [-0.4, -0.2) is 17.9 Å². The lowest BCUT2D eigenvalue weighted by molar-refractivity contribution is -0.126. The summed E-state index contributed by atoms with van der Waals surface area (Å²) in [5.41, 5.74) is 1.72. The van der Waals surface area contributed by atoms with Gasteiger partial charge in [0.2, 0.25) is 5.91 Å². The normalized spacial score (nSPS) is 23.2. The van der Waals surface area contributed by atoms with Crippen LogP contribution in [-0.2, 0) is 14.4 Å². The molecule has 0 spiro atoms. The molecule has 2 heterocycles. The Hall–Kier alpha value is -3.22. The van der Waals surface area contributed by atoms with Gasteiger partial charge < -0.3 is 0 Å². The van der Waals surface area contributed by atoms with E-state index in [4.69, 9.17) is 16.4 Å². The Morgan fingerprint density at radius 1 is 0.800 bits per heavy atom. The Labute approximate surface area is 177 Å². The van der Waals surface area contributed by atoms with E-state index >= 15 is 0 Å². The van der Waals surface area contributed by atoms with Crippen molar-refractivity contribution < 1.29 is 18.8 Å². The van der Waals surface area contributed by atoms with E-state index in [1.165, 1.54) is 24.3 Å². The number of para-hydroxylation sites is 1. The van der Waals surface area contributed by atoms with Gasteiger partial charge in [-0.3, -0.25) is 14.4 Å². The Morgan fingerprint density at radius 2 is 1.47 bits per heavy atom. The molecule has 5 rings (SSSR count). The summed E-state index contributed by atoms with van der Waals surface area (Å²) in [7, 11) is 0. The molecule has 2 aliphatic heterocycles. The van der Waals surface area contributed by atoms with Crippen molar-refractivity contribution in [2.45, 2.75) is 12.1 Å². The van der Waals surface area contributed by atoms with Gasteiger partial charge in [-0.25, -0.2) is 14.4 Å². The fourth-order valence-corrected chi connectivity index (χ4v) is 4.34. The molecule has 5 nitrogen and oxygen atoms in total. The highest BCUT2D eigenvalue weighted by Gasteiger charge is 2.60. The fourth-order valence-electron chi connectivity index (χ4n) is 4.09. The summed E-state index contributed by atoms with van der Waals surface area (Å²) in [6, 6.07) is 21.1. The Balaban J connectivity index is 1.60. The highest BCUT2D eigenvalue weighted by molar-refractivity contribution is 6.31. The van der Waals surface area contributed by atoms with Crippen molar-refractivity contribution in [1.29, 1.82) is 0 Å². The average Bonchev–Trinajstić information content (AvgIpc) is 3.26. The summed E-state index contributed by atoms with van der Waals surface area (Å²) < 4.78 is 13.3. The monoisotopic (exact) mass is 422 g/mol. The molecule has 7 heteroatoms. The molecule has 3 atom stereocenters. The van der Waals surface area contributed by atoms with Gasteiger partial charge in [0.25, 0.3) is 5.91 Å². The van der Waals surface area contributed by atoms with Crippen LogP contribution in [0.25, 0.3) is 0 Å². The van der Waals surface area contributed by atoms with Crippen molar-refractivity contribution in [2.24, 2.45) is 5.92 Å². The molecule has 2 saturated heterocycles. The summed E-state index contributed by atoms with van der Waals surface area (Å²) in [5, 5.41) is 2.07. The third kappa shape index (κ3) is 2.88. The van der Waals surface area contributed by atoms with Crippen LogP contribution in [0, 0.1) is 11.7 Å². The largest absolute Gasteiger partial charge is 0.273 e. The number of hydrogen-bond acceptors (Lipinski definition) is 4. The van der Waals surface area contributed by atoms with Gasteiger partial charge in [-0.1, -0.05) is 48.0 Å². The van der Waals surface area contributed by atoms with Crippen LogP contribution in [0.3, 0.4) is 0 Å². The van der Waals surface area contributed by atoms with E-state index in [9.17, 15) is 14.0 Å². The molecular weight excluding hydrogens is 407 g/mol. The molecule has 2 amide bonds. The molecule has 0 saturated carbocycles. The minimum Gasteiger partial charge on any atom is -0.273 e. The zero-order chi connectivity index (χ0) is 20.8. The molecule has 2 aliphatic rings. The topological polar surface area (TPSA) is 49.9 Å². The number of fused-ring (bicyclic) bond motifs is 1. The predicted molar refractivity (Wildman–Crippen MR) is 110 cm³/mol. The van der Waals surface area contributed by atoms with Crippen molar-refractivity contribution in [3.8, 4) is 0 Å². The molecule has 0 N–H and O–H groups in total. The van der Waals surface area contributed by atoms with E-state index in [1.807, 2.05) is 42.5 Å². The van der Waals surface area contributed by atoms with Gasteiger partial charge in [0.05, 0.1) is 17.4 Å². The number of imide groups is 1. The number of halogens is 2. The van der Waals surface area contributed by atoms with Gasteiger partial charge in [0.1, 0.15) is 11.7 Å². The molecule has 3 aromatic carbocycles. The van der Waals surface area contributed by atoms with E-state index in [0.29, 0.717) is 22.0 Å². The second kappa shape index (κ2) is 7.23. The van der Waals surface area contributed by atoms with Gasteiger partial charge in [-0.2, -0.15) is 0 Å². The Bertz CT molecular complexity index is 1120. The molecule has 30 heavy (non-hydrogen) atoms. The van der Waals surface area contributed by atoms with E-state index in [0.717, 1.165) is 4.90 Å². The number of carbonyl (C=O) groups excluding carboxylic acids is 2. The summed E-state index contributed by atoms with van der Waals surface area (Å²) in [4.78, 5) is 33.7. The molecule has 0 radical (unpaired) electrons. The van der Waals surface area contributed by atoms with E-state index in [1.54, 1.807) is 17.2 Å². The lowest BCUT2D eigenvalue weighted by Gasteiger charge is -2.29. The number of carbonyl (C=O) groups is 2. The highest BCUT2D eigenvalue weighted by atomic mass is 35.5. The number of hydrogen-bond donors (Lipinski definition) is 0. The second-order valence-corrected chi connectivity index (χ2v) is 7.57. The average molecular weight is 423 g/mol. The van der Waals surface area contributed by atoms with E-state index in [-0.39, 0.29) is 0 Å². The summed E-state index contributed by atoms with van der Waals surface area (Å²) in [6.07, 6.45) is -0.996. The lowest BCUT2D eigenvalue weighted by atomic mass is 9.90. The fraction of sp³-hybridized carbons (Fsp3) is 0.130. The number of rotatable bonds is 3. The summed E-state index contributed by atoms with van der Waals surface area (Å²) in [5.74, 6) is -2.12. The molecule has 3 aromatic rings. The van der Waals surface area contributed by atoms with Crippen molar-refractivity contribution in [3.63, 3.8) is 0 Å². The van der Waals surface area contributed by atoms with E-state index < -0.39 is 35.7 Å². The number of benzene rings is 3. The van der Waals surface area contributed by atoms with Gasteiger partial charge in [-0.05, 0) is 48.0 Å². The molecule has 150 valence electrons. The summed E-state index contributed by atoms with van der Waals surface area (Å²) in [6.45, 7) is 0. The van der Waals surface area contributed by atoms with Crippen LogP contribution >= 0.6 is 11.6 Å². The number of amides is 2. The smallest absolute Gasteiger partial charge is 0.266 e. The molecule has 0 unspecified atom stereocenters.